The molecule has 0 spiro atoms. The van der Waals surface area contributed by atoms with E-state index in [0.717, 1.165) is 11.1 Å². The van der Waals surface area contributed by atoms with Crippen LogP contribution < -0.4 is 5.32 Å². The Balaban J connectivity index is 1.83. The normalized spacial score (nSPS) is 19.2. The fraction of sp³-hybridized carbons (Fsp3) is 0.333. The molecule has 0 unspecified atom stereocenters. The molecule has 100 valence electrons. The molecule has 0 amide bonds. The Morgan fingerprint density at radius 3 is 2.63 bits per heavy atom. The highest BCUT2D eigenvalue weighted by Crippen LogP contribution is 2.29. The van der Waals surface area contributed by atoms with Gasteiger partial charge >= 0.3 is 6.18 Å². The predicted molar refractivity (Wildman–Crippen MR) is 59.0 cm³/mol. The molecule has 4 nitrogen and oxygen atoms in total. The maximum Gasteiger partial charge on any atom is 0.455 e. The third-order valence-electron chi connectivity index (χ3n) is 3.07. The summed E-state index contributed by atoms with van der Waals surface area (Å²) < 4.78 is 41.9. The predicted octanol–water partition coefficient (Wildman–Crippen LogP) is 2.48. The highest BCUT2D eigenvalue weighted by Gasteiger charge is 2.38. The largest absolute Gasteiger partial charge is 0.455 e. The van der Waals surface area contributed by atoms with Gasteiger partial charge in [0.2, 0.25) is 5.89 Å². The molecule has 1 N–H and O–H groups in total. The first-order valence-electron chi connectivity index (χ1n) is 5.75. The van der Waals surface area contributed by atoms with Crippen molar-refractivity contribution in [1.82, 2.24) is 15.5 Å². The summed E-state index contributed by atoms with van der Waals surface area (Å²) in [7, 11) is 0. The monoisotopic (exact) mass is 269 g/mol. The van der Waals surface area contributed by atoms with Crippen LogP contribution in [0.5, 0.6) is 0 Å². The number of halogens is 3. The summed E-state index contributed by atoms with van der Waals surface area (Å²) in [5.41, 5.74) is 2.22. The minimum Gasteiger partial charge on any atom is -0.337 e. The van der Waals surface area contributed by atoms with Crippen LogP contribution in [0.15, 0.2) is 28.8 Å². The van der Waals surface area contributed by atoms with E-state index in [1.54, 1.807) is 0 Å². The highest BCUT2D eigenvalue weighted by molar-refractivity contribution is 5.30. The van der Waals surface area contributed by atoms with Gasteiger partial charge in [-0.1, -0.05) is 29.4 Å². The van der Waals surface area contributed by atoms with E-state index < -0.39 is 12.0 Å². The second kappa shape index (κ2) is 4.34. The number of hydrogen-bond acceptors (Lipinski definition) is 4. The van der Waals surface area contributed by atoms with Crippen molar-refractivity contribution in [2.75, 3.05) is 0 Å². The molecule has 0 fully saturated rings. The molecule has 0 radical (unpaired) electrons. The summed E-state index contributed by atoms with van der Waals surface area (Å²) in [6.45, 7) is 0.574. The van der Waals surface area contributed by atoms with Crippen molar-refractivity contribution in [1.29, 1.82) is 0 Å². The number of benzene rings is 1. The van der Waals surface area contributed by atoms with Crippen LogP contribution in [0.2, 0.25) is 0 Å². The van der Waals surface area contributed by atoms with Gasteiger partial charge in [-0.3, -0.25) is 0 Å². The molecule has 3 rings (SSSR count). The van der Waals surface area contributed by atoms with E-state index in [1.165, 1.54) is 0 Å². The fourth-order valence-electron chi connectivity index (χ4n) is 2.12. The number of rotatable bonds is 1. The summed E-state index contributed by atoms with van der Waals surface area (Å²) in [4.78, 5) is 3.41. The van der Waals surface area contributed by atoms with E-state index in [2.05, 4.69) is 15.5 Å². The minimum atomic E-state index is -4.58. The first kappa shape index (κ1) is 12.2. The Labute approximate surface area is 106 Å². The van der Waals surface area contributed by atoms with E-state index in [-0.39, 0.29) is 11.9 Å². The van der Waals surface area contributed by atoms with Crippen molar-refractivity contribution in [2.24, 2.45) is 0 Å². The van der Waals surface area contributed by atoms with Crippen LogP contribution in [0.25, 0.3) is 0 Å². The molecule has 1 aromatic heterocycles. The number of fused-ring (bicyclic) bond motifs is 1. The van der Waals surface area contributed by atoms with Crippen molar-refractivity contribution in [3.05, 3.63) is 47.1 Å². The first-order valence-corrected chi connectivity index (χ1v) is 5.75. The van der Waals surface area contributed by atoms with Crippen LogP contribution in [0.4, 0.5) is 13.2 Å². The topological polar surface area (TPSA) is 51.0 Å². The van der Waals surface area contributed by atoms with Crippen LogP contribution in [0.1, 0.15) is 28.9 Å². The Kier molecular flexibility index (Phi) is 2.78. The van der Waals surface area contributed by atoms with E-state index in [1.807, 2.05) is 24.3 Å². The number of nitrogens with zero attached hydrogens (tertiary/aromatic N) is 2. The Morgan fingerprint density at radius 2 is 1.95 bits per heavy atom. The summed E-state index contributed by atoms with van der Waals surface area (Å²) in [6.07, 6.45) is -4.04. The lowest BCUT2D eigenvalue weighted by Crippen LogP contribution is -2.28. The molecule has 0 bridgehead atoms. The van der Waals surface area contributed by atoms with Gasteiger partial charge in [0.05, 0.1) is 6.04 Å². The van der Waals surface area contributed by atoms with Gasteiger partial charge in [-0.15, -0.1) is 0 Å². The van der Waals surface area contributed by atoms with Crippen LogP contribution in [-0.2, 0) is 19.1 Å². The molecule has 2 heterocycles. The third-order valence-corrected chi connectivity index (χ3v) is 3.07. The lowest BCUT2D eigenvalue weighted by molar-refractivity contribution is -0.146. The summed E-state index contributed by atoms with van der Waals surface area (Å²) in [6, 6.07) is 7.38. The molecule has 0 saturated heterocycles. The van der Waals surface area contributed by atoms with E-state index in [9.17, 15) is 13.2 Å². The average Bonchev–Trinajstić information content (AvgIpc) is 2.87. The first-order chi connectivity index (χ1) is 9.04. The van der Waals surface area contributed by atoms with Gasteiger partial charge in [-0.05, 0) is 17.5 Å². The van der Waals surface area contributed by atoms with E-state index >= 15 is 0 Å². The van der Waals surface area contributed by atoms with Gasteiger partial charge in [-0.25, -0.2) is 0 Å². The molecule has 7 heteroatoms. The number of hydrogen-bond donors (Lipinski definition) is 1. The summed E-state index contributed by atoms with van der Waals surface area (Å²) in [5.74, 6) is -1.26. The minimum absolute atomic E-state index is 0.0261. The fourth-order valence-corrected chi connectivity index (χ4v) is 2.12. The van der Waals surface area contributed by atoms with Crippen LogP contribution in [0, 0.1) is 0 Å². The lowest BCUT2D eigenvalue weighted by atomic mass is 9.96. The van der Waals surface area contributed by atoms with Gasteiger partial charge in [0.25, 0.3) is 5.82 Å². The smallest absolute Gasteiger partial charge is 0.337 e. The Hall–Kier alpha value is -1.89. The molecule has 1 aliphatic heterocycles. The maximum absolute atomic E-state index is 12.4. The Bertz CT molecular complexity index is 594. The zero-order valence-corrected chi connectivity index (χ0v) is 9.74. The molecule has 1 atom stereocenters. The quantitative estimate of drug-likeness (QED) is 0.864. The lowest BCUT2D eigenvalue weighted by Gasteiger charge is -2.23. The van der Waals surface area contributed by atoms with Gasteiger partial charge in [0.15, 0.2) is 0 Å². The zero-order chi connectivity index (χ0) is 13.5. The molecule has 1 aliphatic rings. The van der Waals surface area contributed by atoms with Crippen molar-refractivity contribution in [2.45, 2.75) is 25.2 Å². The molecule has 0 saturated carbocycles. The molecule has 19 heavy (non-hydrogen) atoms. The molecule has 0 aliphatic carbocycles. The van der Waals surface area contributed by atoms with Gasteiger partial charge < -0.3 is 9.84 Å². The molecule has 1 aromatic carbocycles. The van der Waals surface area contributed by atoms with Crippen molar-refractivity contribution in [3.63, 3.8) is 0 Å². The van der Waals surface area contributed by atoms with Crippen molar-refractivity contribution < 1.29 is 17.7 Å². The third kappa shape index (κ3) is 2.33. The zero-order valence-electron chi connectivity index (χ0n) is 9.74. The van der Waals surface area contributed by atoms with Gasteiger partial charge in [0.1, 0.15) is 0 Å². The number of nitrogens with one attached hydrogen (secondary N) is 1. The number of aromatic nitrogens is 2. The molecular weight excluding hydrogens is 259 g/mol. The number of alkyl halides is 3. The van der Waals surface area contributed by atoms with E-state index in [0.29, 0.717) is 13.0 Å². The molecule has 2 aromatic rings. The summed E-state index contributed by atoms with van der Waals surface area (Å²) >= 11 is 0. The van der Waals surface area contributed by atoms with Crippen LogP contribution in [-0.4, -0.2) is 10.1 Å². The second-order valence-corrected chi connectivity index (χ2v) is 4.36. The highest BCUT2D eigenvalue weighted by atomic mass is 19.4. The van der Waals surface area contributed by atoms with Crippen molar-refractivity contribution in [3.8, 4) is 0 Å². The summed E-state index contributed by atoms with van der Waals surface area (Å²) in [5, 5.41) is 6.06. The van der Waals surface area contributed by atoms with Crippen LogP contribution in [0.3, 0.4) is 0 Å². The Morgan fingerprint density at radius 1 is 1.21 bits per heavy atom. The van der Waals surface area contributed by atoms with E-state index in [4.69, 9.17) is 4.52 Å². The SMILES string of the molecule is FC(F)(F)c1noc([C@@H]2Cc3ccccc3CN2)n1. The van der Waals surface area contributed by atoms with Crippen LogP contribution >= 0.6 is 0 Å². The average molecular weight is 269 g/mol. The second-order valence-electron chi connectivity index (χ2n) is 4.36. The standard InChI is InChI=1S/C12H10F3N3O/c13-12(14,15)11-17-10(19-18-11)9-5-7-3-1-2-4-8(7)6-16-9/h1-4,9,16H,5-6H2/t9-/m0/s1. The molecular formula is C12H10F3N3O. The van der Waals surface area contributed by atoms with Crippen molar-refractivity contribution >= 4 is 0 Å². The van der Waals surface area contributed by atoms with Gasteiger partial charge in [-0.2, -0.15) is 18.2 Å². The maximum atomic E-state index is 12.4. The van der Waals surface area contributed by atoms with Gasteiger partial charge in [0, 0.05) is 6.54 Å².